The Kier molecular flexibility index (Phi) is 9.28. The van der Waals surface area contributed by atoms with Gasteiger partial charge < -0.3 is 19.9 Å². The summed E-state index contributed by atoms with van der Waals surface area (Å²) in [5.41, 5.74) is 4.14. The number of likely N-dealkylation sites (N-methyl/N-ethyl adjacent to an activating group) is 1. The first kappa shape index (κ1) is 28.7. The second-order valence-corrected chi connectivity index (χ2v) is 11.5. The van der Waals surface area contributed by atoms with Crippen LogP contribution in [-0.4, -0.2) is 79.2 Å². The monoisotopic (exact) mass is 550 g/mol. The Balaban J connectivity index is 1.35. The van der Waals surface area contributed by atoms with Crippen LogP contribution < -0.4 is 10.1 Å². The first-order valence-electron chi connectivity index (χ1n) is 14.8. The second kappa shape index (κ2) is 13.2. The van der Waals surface area contributed by atoms with Gasteiger partial charge in [0.05, 0.1) is 7.11 Å². The number of hydrogen-bond donors (Lipinski definition) is 1. The maximum atomic E-state index is 13.4. The van der Waals surface area contributed by atoms with Gasteiger partial charge in [0, 0.05) is 60.5 Å². The van der Waals surface area contributed by atoms with Crippen molar-refractivity contribution in [2.45, 2.75) is 50.7 Å². The van der Waals surface area contributed by atoms with E-state index in [1.807, 2.05) is 59.5 Å². The van der Waals surface area contributed by atoms with E-state index in [1.54, 1.807) is 7.11 Å². The summed E-state index contributed by atoms with van der Waals surface area (Å²) in [4.78, 5) is 20.5. The molecule has 3 aromatic rings. The predicted molar refractivity (Wildman–Crippen MR) is 166 cm³/mol. The van der Waals surface area contributed by atoms with Gasteiger partial charge in [-0.3, -0.25) is 4.90 Å². The molecule has 0 aliphatic carbocycles. The Morgan fingerprint density at radius 2 is 1.61 bits per heavy atom. The van der Waals surface area contributed by atoms with Crippen molar-refractivity contribution in [3.05, 3.63) is 95.6 Å². The number of fused-ring (bicyclic) bond motifs is 1. The molecule has 214 valence electrons. The lowest BCUT2D eigenvalue weighted by molar-refractivity contribution is -0.0497. The van der Waals surface area contributed by atoms with Crippen molar-refractivity contribution in [2.75, 3.05) is 45.7 Å². The fraction of sp³-hybridized carbons (Fsp3) is 0.400. The molecule has 2 aliphatic rings. The van der Waals surface area contributed by atoms with Gasteiger partial charge in [-0.1, -0.05) is 42.2 Å². The molecule has 2 aliphatic heterocycles. The number of carbonyl (C=O) groups excluding carboxylic acids is 1. The number of nitrogens with zero attached hydrogens (tertiary/aromatic N) is 3. The van der Waals surface area contributed by atoms with Gasteiger partial charge in [0.1, 0.15) is 5.75 Å². The van der Waals surface area contributed by atoms with Crippen LogP contribution in [0.3, 0.4) is 0 Å². The lowest BCUT2D eigenvalue weighted by atomic mass is 9.73. The molecule has 6 nitrogen and oxygen atoms in total. The Hall–Kier alpha value is -3.79. The molecular weight excluding hydrogens is 508 g/mol. The van der Waals surface area contributed by atoms with Crippen LogP contribution in [0.1, 0.15) is 49.3 Å². The van der Waals surface area contributed by atoms with E-state index >= 15 is 0 Å². The molecule has 0 bridgehead atoms. The van der Waals surface area contributed by atoms with Crippen LogP contribution in [0.4, 0.5) is 10.5 Å². The van der Waals surface area contributed by atoms with E-state index in [-0.39, 0.29) is 12.1 Å². The number of methoxy groups -OCH3 is 1. The minimum absolute atomic E-state index is 0.0370. The molecule has 6 heteroatoms. The predicted octanol–water partition coefficient (Wildman–Crippen LogP) is 5.90. The Morgan fingerprint density at radius 1 is 0.951 bits per heavy atom. The highest BCUT2D eigenvalue weighted by Gasteiger charge is 2.50. The number of urea groups is 1. The van der Waals surface area contributed by atoms with E-state index < -0.39 is 0 Å². The summed E-state index contributed by atoms with van der Waals surface area (Å²) in [7, 11) is 3.86. The number of rotatable bonds is 6. The first-order valence-corrected chi connectivity index (χ1v) is 14.8. The molecule has 0 radical (unpaired) electrons. The summed E-state index contributed by atoms with van der Waals surface area (Å²) in [6, 6.07) is 27.6. The molecule has 0 aromatic heterocycles. The van der Waals surface area contributed by atoms with Crippen molar-refractivity contribution in [3.8, 4) is 17.6 Å². The molecule has 3 atom stereocenters. The maximum absolute atomic E-state index is 13.4. The summed E-state index contributed by atoms with van der Waals surface area (Å²) < 4.78 is 5.26. The Bertz CT molecular complexity index is 1340. The van der Waals surface area contributed by atoms with Crippen LogP contribution in [0.5, 0.6) is 5.75 Å². The number of nitrogens with one attached hydrogen (secondary N) is 1. The molecule has 2 fully saturated rings. The summed E-state index contributed by atoms with van der Waals surface area (Å²) in [6.45, 7) is 8.07. The van der Waals surface area contributed by atoms with Crippen molar-refractivity contribution in [3.63, 3.8) is 0 Å². The van der Waals surface area contributed by atoms with Crippen LogP contribution in [0.15, 0.2) is 78.9 Å². The molecule has 2 amide bonds. The zero-order valence-corrected chi connectivity index (χ0v) is 24.7. The standard InChI is InChI=1S/C35H42N4O2/c1-26(2)37(3)24-32-34(29-16-14-28(15-17-29)13-12-27-10-6-5-7-11-27)33-25-38(22-8-9-23-39(32)33)35(40)36-30-18-20-31(41-4)21-19-30/h5-7,10-11,14-21,26,32-34H,8-9,22-25H2,1-4H3,(H,36,40)/t32-,33+,34+/m1/s1. The van der Waals surface area contributed by atoms with Crippen molar-refractivity contribution in [1.82, 2.24) is 14.7 Å². The highest BCUT2D eigenvalue weighted by atomic mass is 16.5. The number of hydrogen-bond acceptors (Lipinski definition) is 4. The van der Waals surface area contributed by atoms with E-state index in [0.29, 0.717) is 24.5 Å². The van der Waals surface area contributed by atoms with Crippen LogP contribution in [0, 0.1) is 11.8 Å². The Morgan fingerprint density at radius 3 is 2.27 bits per heavy atom. The summed E-state index contributed by atoms with van der Waals surface area (Å²) >= 11 is 0. The summed E-state index contributed by atoms with van der Waals surface area (Å²) in [5.74, 6) is 7.70. The van der Waals surface area contributed by atoms with Crippen LogP contribution in [-0.2, 0) is 0 Å². The summed E-state index contributed by atoms with van der Waals surface area (Å²) in [5, 5.41) is 3.11. The topological polar surface area (TPSA) is 48.1 Å². The molecular formula is C35H42N4O2. The Labute approximate surface area is 245 Å². The number of ether oxygens (including phenoxy) is 1. The molecule has 1 N–H and O–H groups in total. The molecule has 41 heavy (non-hydrogen) atoms. The molecule has 0 unspecified atom stereocenters. The lowest BCUT2D eigenvalue weighted by Gasteiger charge is -2.58. The smallest absolute Gasteiger partial charge is 0.321 e. The van der Waals surface area contributed by atoms with Crippen LogP contribution in [0.2, 0.25) is 0 Å². The van der Waals surface area contributed by atoms with E-state index in [2.05, 4.69) is 72.1 Å². The second-order valence-electron chi connectivity index (χ2n) is 11.5. The van der Waals surface area contributed by atoms with Crippen LogP contribution in [0.25, 0.3) is 0 Å². The maximum Gasteiger partial charge on any atom is 0.321 e. The molecule has 5 rings (SSSR count). The molecule has 0 saturated carbocycles. The van der Waals surface area contributed by atoms with Crippen LogP contribution >= 0.6 is 0 Å². The summed E-state index contributed by atoms with van der Waals surface area (Å²) in [6.07, 6.45) is 2.09. The molecule has 0 spiro atoms. The third-order valence-corrected chi connectivity index (χ3v) is 8.59. The number of anilines is 1. The number of benzene rings is 3. The average Bonchev–Trinajstić information content (AvgIpc) is 2.98. The third-order valence-electron chi connectivity index (χ3n) is 8.59. The van der Waals surface area contributed by atoms with Gasteiger partial charge in [-0.15, -0.1) is 0 Å². The zero-order valence-electron chi connectivity index (χ0n) is 24.7. The van der Waals surface area contributed by atoms with E-state index in [1.165, 1.54) is 5.56 Å². The van der Waals surface area contributed by atoms with Crippen molar-refractivity contribution in [1.29, 1.82) is 0 Å². The normalized spacial score (nSPS) is 20.7. The quantitative estimate of drug-likeness (QED) is 0.389. The van der Waals surface area contributed by atoms with Gasteiger partial charge in [0.2, 0.25) is 0 Å². The fourth-order valence-corrected chi connectivity index (χ4v) is 5.96. The van der Waals surface area contributed by atoms with Gasteiger partial charge in [0.25, 0.3) is 0 Å². The third kappa shape index (κ3) is 6.93. The molecule has 3 aromatic carbocycles. The molecule has 2 saturated heterocycles. The van der Waals surface area contributed by atoms with Gasteiger partial charge in [-0.25, -0.2) is 4.79 Å². The van der Waals surface area contributed by atoms with E-state index in [4.69, 9.17) is 4.74 Å². The fourth-order valence-electron chi connectivity index (χ4n) is 5.96. The lowest BCUT2D eigenvalue weighted by Crippen LogP contribution is -2.69. The highest BCUT2D eigenvalue weighted by Crippen LogP contribution is 2.42. The van der Waals surface area contributed by atoms with E-state index in [0.717, 1.165) is 55.0 Å². The van der Waals surface area contributed by atoms with Gasteiger partial charge >= 0.3 is 6.03 Å². The van der Waals surface area contributed by atoms with Gasteiger partial charge in [-0.05, 0) is 94.4 Å². The van der Waals surface area contributed by atoms with Crippen molar-refractivity contribution >= 4 is 11.7 Å². The zero-order chi connectivity index (χ0) is 28.8. The highest BCUT2D eigenvalue weighted by molar-refractivity contribution is 5.89. The SMILES string of the molecule is COc1ccc(NC(=O)N2CCCCN3[C@H](CN(C)C(C)C)[C@H](c4ccc(C#Cc5ccccc5)cc4)[C@@H]3C2)cc1. The first-order chi connectivity index (χ1) is 19.9. The van der Waals surface area contributed by atoms with Gasteiger partial charge in [-0.2, -0.15) is 0 Å². The minimum atomic E-state index is -0.0370. The van der Waals surface area contributed by atoms with Crippen molar-refractivity contribution in [2.24, 2.45) is 0 Å². The number of amides is 2. The van der Waals surface area contributed by atoms with Gasteiger partial charge in [0.15, 0.2) is 0 Å². The average molecular weight is 551 g/mol. The minimum Gasteiger partial charge on any atom is -0.497 e. The largest absolute Gasteiger partial charge is 0.497 e. The van der Waals surface area contributed by atoms with E-state index in [9.17, 15) is 4.79 Å². The number of carbonyl (C=O) groups is 1. The molecule has 2 heterocycles. The van der Waals surface area contributed by atoms with Crippen molar-refractivity contribution < 1.29 is 9.53 Å².